The summed E-state index contributed by atoms with van der Waals surface area (Å²) in [5.74, 6) is 0.145. The first-order valence-electron chi connectivity index (χ1n) is 11.6. The maximum Gasteiger partial charge on any atom is 0.411 e. The van der Waals surface area contributed by atoms with Gasteiger partial charge in [0.25, 0.3) is 0 Å². The molecule has 0 spiro atoms. The molecule has 3 aromatic rings. The van der Waals surface area contributed by atoms with Crippen LogP contribution in [0.25, 0.3) is 10.8 Å². The highest BCUT2D eigenvalue weighted by Crippen LogP contribution is 2.41. The standard InChI is InChI=1S/C28H31BrFNO2/c1-18(23-15-16-26(30)25-8-6-5-7-24(23)25)31(27(32)33-28(2,3)4)22-14-11-20(17-22)19-9-12-21(29)13-10-19/h5-10,12-13,15-16,18,20,22H,11,14,17H2,1-4H3/t18-,20-,22?/m1/s1. The van der Waals surface area contributed by atoms with Gasteiger partial charge < -0.3 is 4.74 Å². The summed E-state index contributed by atoms with van der Waals surface area (Å²) in [5, 5.41) is 1.41. The largest absolute Gasteiger partial charge is 0.444 e. The van der Waals surface area contributed by atoms with Crippen molar-refractivity contribution in [3.63, 3.8) is 0 Å². The van der Waals surface area contributed by atoms with E-state index < -0.39 is 5.60 Å². The SMILES string of the molecule is C[C@H](c1ccc(F)c2ccccc12)N(C(=O)OC(C)(C)C)C1CC[C@@H](c2ccc(Br)cc2)C1. The van der Waals surface area contributed by atoms with Crippen molar-refractivity contribution in [2.24, 2.45) is 0 Å². The number of fused-ring (bicyclic) bond motifs is 1. The van der Waals surface area contributed by atoms with Gasteiger partial charge in [-0.3, -0.25) is 4.90 Å². The molecule has 3 nitrogen and oxygen atoms in total. The van der Waals surface area contributed by atoms with E-state index in [0.29, 0.717) is 11.3 Å². The number of ether oxygens (including phenoxy) is 1. The number of nitrogens with zero attached hydrogens (tertiary/aromatic N) is 1. The molecule has 1 aliphatic carbocycles. The van der Waals surface area contributed by atoms with Gasteiger partial charge in [-0.15, -0.1) is 0 Å². The normalized spacial score (nSPS) is 19.5. The van der Waals surface area contributed by atoms with E-state index in [0.717, 1.165) is 34.7 Å². The zero-order valence-corrected chi connectivity index (χ0v) is 21.2. The van der Waals surface area contributed by atoms with E-state index in [2.05, 4.69) is 40.2 Å². The molecular weight excluding hydrogens is 481 g/mol. The van der Waals surface area contributed by atoms with Crippen LogP contribution in [-0.2, 0) is 4.74 Å². The molecule has 4 rings (SSSR count). The van der Waals surface area contributed by atoms with E-state index in [-0.39, 0.29) is 24.0 Å². The zero-order valence-electron chi connectivity index (χ0n) is 19.6. The number of carbonyl (C=O) groups is 1. The van der Waals surface area contributed by atoms with Crippen molar-refractivity contribution in [1.82, 2.24) is 4.90 Å². The molecular formula is C28H31BrFNO2. The summed E-state index contributed by atoms with van der Waals surface area (Å²) >= 11 is 3.51. The predicted molar refractivity (Wildman–Crippen MR) is 135 cm³/mol. The van der Waals surface area contributed by atoms with Crippen LogP contribution in [0.15, 0.2) is 65.1 Å². The number of rotatable bonds is 4. The Kier molecular flexibility index (Phi) is 6.81. The molecule has 0 saturated heterocycles. The van der Waals surface area contributed by atoms with Crippen LogP contribution < -0.4 is 0 Å². The summed E-state index contributed by atoms with van der Waals surface area (Å²) in [5.41, 5.74) is 1.64. The second-order valence-corrected chi connectivity index (χ2v) is 10.9. The molecule has 1 amide bonds. The molecule has 1 unspecified atom stereocenters. The number of amides is 1. The minimum absolute atomic E-state index is 0.0484. The molecule has 0 N–H and O–H groups in total. The first-order chi connectivity index (χ1) is 15.6. The van der Waals surface area contributed by atoms with Gasteiger partial charge in [-0.25, -0.2) is 9.18 Å². The van der Waals surface area contributed by atoms with E-state index in [9.17, 15) is 9.18 Å². The van der Waals surface area contributed by atoms with Crippen LogP contribution in [0, 0.1) is 5.82 Å². The minimum atomic E-state index is -0.594. The Morgan fingerprint density at radius 2 is 1.70 bits per heavy atom. The van der Waals surface area contributed by atoms with Crippen molar-refractivity contribution >= 4 is 32.8 Å². The Labute approximate surface area is 204 Å². The number of benzene rings is 3. The highest BCUT2D eigenvalue weighted by atomic mass is 79.9. The third-order valence-electron chi connectivity index (χ3n) is 6.52. The lowest BCUT2D eigenvalue weighted by molar-refractivity contribution is 0.00693. The molecule has 0 bridgehead atoms. The molecule has 1 aliphatic rings. The lowest BCUT2D eigenvalue weighted by Gasteiger charge is -2.37. The fourth-order valence-corrected chi connectivity index (χ4v) is 5.25. The van der Waals surface area contributed by atoms with Crippen molar-refractivity contribution in [3.05, 3.63) is 82.1 Å². The Bertz CT molecular complexity index is 1140. The second kappa shape index (κ2) is 9.46. The van der Waals surface area contributed by atoms with Gasteiger partial charge in [-0.05, 0) is 87.6 Å². The summed E-state index contributed by atoms with van der Waals surface area (Å²) in [6, 6.07) is 19.0. The van der Waals surface area contributed by atoms with Crippen LogP contribution in [0.1, 0.15) is 70.0 Å². The maximum absolute atomic E-state index is 14.5. The molecule has 3 aromatic carbocycles. The quantitative estimate of drug-likeness (QED) is 0.352. The van der Waals surface area contributed by atoms with Gasteiger partial charge in [0.15, 0.2) is 0 Å². The molecule has 0 aliphatic heterocycles. The molecule has 0 aromatic heterocycles. The van der Waals surface area contributed by atoms with Crippen LogP contribution in [0.4, 0.5) is 9.18 Å². The van der Waals surface area contributed by atoms with Crippen molar-refractivity contribution in [3.8, 4) is 0 Å². The van der Waals surface area contributed by atoms with Gasteiger partial charge in [0, 0.05) is 15.9 Å². The smallest absolute Gasteiger partial charge is 0.411 e. The fraction of sp³-hybridized carbons (Fsp3) is 0.393. The monoisotopic (exact) mass is 511 g/mol. The first-order valence-corrected chi connectivity index (χ1v) is 12.4. The maximum atomic E-state index is 14.5. The Morgan fingerprint density at radius 3 is 2.36 bits per heavy atom. The highest BCUT2D eigenvalue weighted by Gasteiger charge is 2.38. The molecule has 33 heavy (non-hydrogen) atoms. The summed E-state index contributed by atoms with van der Waals surface area (Å²) in [7, 11) is 0. The average Bonchev–Trinajstić information content (AvgIpc) is 3.23. The lowest BCUT2D eigenvalue weighted by atomic mass is 9.95. The van der Waals surface area contributed by atoms with Gasteiger partial charge in [0.05, 0.1) is 6.04 Å². The molecule has 0 heterocycles. The van der Waals surface area contributed by atoms with Gasteiger partial charge in [0.1, 0.15) is 11.4 Å². The van der Waals surface area contributed by atoms with Gasteiger partial charge >= 0.3 is 6.09 Å². The molecule has 0 radical (unpaired) electrons. The third kappa shape index (κ3) is 5.24. The van der Waals surface area contributed by atoms with E-state index in [1.165, 1.54) is 11.6 Å². The first kappa shape index (κ1) is 23.7. The van der Waals surface area contributed by atoms with Crippen molar-refractivity contribution < 1.29 is 13.9 Å². The Hall–Kier alpha value is -2.40. The van der Waals surface area contributed by atoms with E-state index >= 15 is 0 Å². The molecule has 174 valence electrons. The van der Waals surface area contributed by atoms with Crippen LogP contribution in [-0.4, -0.2) is 22.6 Å². The highest BCUT2D eigenvalue weighted by molar-refractivity contribution is 9.10. The van der Waals surface area contributed by atoms with Gasteiger partial charge in [0.2, 0.25) is 0 Å². The summed E-state index contributed by atoms with van der Waals surface area (Å²) in [6.45, 7) is 7.69. The fourth-order valence-electron chi connectivity index (χ4n) is 4.99. The number of carbonyl (C=O) groups excluding carboxylic acids is 1. The van der Waals surface area contributed by atoms with Crippen molar-refractivity contribution in [2.75, 3.05) is 0 Å². The van der Waals surface area contributed by atoms with Crippen molar-refractivity contribution in [2.45, 2.75) is 70.6 Å². The second-order valence-electron chi connectivity index (χ2n) is 9.96. The van der Waals surface area contributed by atoms with Crippen LogP contribution in [0.2, 0.25) is 0 Å². The minimum Gasteiger partial charge on any atom is -0.444 e. The zero-order chi connectivity index (χ0) is 23.8. The lowest BCUT2D eigenvalue weighted by Crippen LogP contribution is -2.44. The summed E-state index contributed by atoms with van der Waals surface area (Å²) in [4.78, 5) is 15.4. The Balaban J connectivity index is 1.68. The predicted octanol–water partition coefficient (Wildman–Crippen LogP) is 8.38. The average molecular weight is 512 g/mol. The number of hydrogen-bond donors (Lipinski definition) is 0. The number of halogens is 2. The summed E-state index contributed by atoms with van der Waals surface area (Å²) in [6.07, 6.45) is 2.49. The van der Waals surface area contributed by atoms with Crippen LogP contribution >= 0.6 is 15.9 Å². The van der Waals surface area contributed by atoms with E-state index in [1.807, 2.05) is 50.8 Å². The molecule has 3 atom stereocenters. The molecule has 5 heteroatoms. The van der Waals surface area contributed by atoms with E-state index in [1.54, 1.807) is 12.1 Å². The molecule has 1 saturated carbocycles. The van der Waals surface area contributed by atoms with Gasteiger partial charge in [-0.2, -0.15) is 0 Å². The Morgan fingerprint density at radius 1 is 1.03 bits per heavy atom. The molecule has 1 fully saturated rings. The van der Waals surface area contributed by atoms with Crippen LogP contribution in [0.5, 0.6) is 0 Å². The topological polar surface area (TPSA) is 29.5 Å². The third-order valence-corrected chi connectivity index (χ3v) is 7.04. The van der Waals surface area contributed by atoms with Crippen LogP contribution in [0.3, 0.4) is 0 Å². The summed E-state index contributed by atoms with van der Waals surface area (Å²) < 4.78 is 21.4. The van der Waals surface area contributed by atoms with E-state index in [4.69, 9.17) is 4.74 Å². The van der Waals surface area contributed by atoms with Crippen molar-refractivity contribution in [1.29, 1.82) is 0 Å². The number of hydrogen-bond acceptors (Lipinski definition) is 2. The van der Waals surface area contributed by atoms with Gasteiger partial charge in [-0.1, -0.05) is 58.4 Å².